The van der Waals surface area contributed by atoms with Crippen LogP contribution in [-0.4, -0.2) is 16.3 Å². The van der Waals surface area contributed by atoms with Crippen molar-refractivity contribution in [1.82, 2.24) is 10.3 Å². The van der Waals surface area contributed by atoms with E-state index in [9.17, 15) is 9.90 Å². The molecule has 0 bridgehead atoms. The van der Waals surface area contributed by atoms with Gasteiger partial charge in [0.15, 0.2) is 5.69 Å². The van der Waals surface area contributed by atoms with E-state index in [-0.39, 0.29) is 6.42 Å². The Balaban J connectivity index is 1.76. The van der Waals surface area contributed by atoms with E-state index < -0.39 is 5.97 Å². The van der Waals surface area contributed by atoms with E-state index in [1.54, 1.807) is 0 Å². The summed E-state index contributed by atoms with van der Waals surface area (Å²) >= 11 is 0. The molecule has 0 aromatic carbocycles. The Morgan fingerprint density at radius 2 is 1.23 bits per heavy atom. The van der Waals surface area contributed by atoms with Gasteiger partial charge in [-0.2, -0.15) is 4.68 Å². The fraction of sp³-hybridized carbons (Fsp3) is 0.857. The van der Waals surface area contributed by atoms with Gasteiger partial charge in [-0.05, 0) is 25.7 Å². The molecule has 26 heavy (non-hydrogen) atoms. The summed E-state index contributed by atoms with van der Waals surface area (Å²) in [5, 5.41) is 17.6. The third-order valence-electron chi connectivity index (χ3n) is 5.28. The van der Waals surface area contributed by atoms with Crippen LogP contribution < -0.4 is 9.79 Å². The van der Waals surface area contributed by atoms with Gasteiger partial charge in [-0.25, -0.2) is 0 Å². The molecule has 1 aromatic heterocycles. The summed E-state index contributed by atoms with van der Waals surface area (Å²) in [5.41, 5.74) is 2.35. The zero-order valence-corrected chi connectivity index (χ0v) is 17.0. The number of carbonyl (C=O) groups is 1. The molecule has 0 aliphatic carbocycles. The topological polar surface area (TPSA) is 72.7 Å². The molecule has 5 heteroatoms. The van der Waals surface area contributed by atoms with Crippen molar-refractivity contribution < 1.29 is 14.6 Å². The van der Waals surface area contributed by atoms with Gasteiger partial charge in [0.1, 0.15) is 6.54 Å². The van der Waals surface area contributed by atoms with Crippen LogP contribution in [0.3, 0.4) is 0 Å². The monoisotopic (exact) mass is 365 g/mol. The van der Waals surface area contributed by atoms with Crippen LogP contribution in [0.4, 0.5) is 0 Å². The molecule has 0 radical (unpaired) electrons. The average molecular weight is 366 g/mol. The molecule has 0 atom stereocenters. The maximum absolute atomic E-state index is 10.3. The molecule has 1 rings (SSSR count). The molecule has 0 aliphatic rings. The highest BCUT2D eigenvalue weighted by Gasteiger charge is 2.11. The number of H-pyrrole nitrogens is 1. The van der Waals surface area contributed by atoms with Crippen LogP contribution in [0.1, 0.15) is 108 Å². The lowest BCUT2D eigenvalue weighted by atomic mass is 10.0. The number of nitrogens with one attached hydrogen (secondary N) is 1. The van der Waals surface area contributed by atoms with E-state index >= 15 is 0 Å². The third kappa shape index (κ3) is 11.3. The standard InChI is InChI=1S/C21H39N3O2/c1-19-20(2)24(23-22-19)18-16-14-12-10-8-6-4-3-5-7-9-11-13-15-17-21(25)26/h3-18H2,1-2H3,(H,25,26). The molecular formula is C21H39N3O2. The molecule has 0 spiro atoms. The zero-order valence-electron chi connectivity index (χ0n) is 17.0. The predicted octanol–water partition coefficient (Wildman–Crippen LogP) is 3.92. The Hall–Kier alpha value is -1.39. The molecule has 0 amide bonds. The van der Waals surface area contributed by atoms with Crippen molar-refractivity contribution in [3.63, 3.8) is 0 Å². The highest BCUT2D eigenvalue weighted by Crippen LogP contribution is 2.13. The molecule has 0 aliphatic heterocycles. The van der Waals surface area contributed by atoms with Crippen LogP contribution in [0, 0.1) is 13.8 Å². The number of aromatic amines is 1. The summed E-state index contributed by atoms with van der Waals surface area (Å²) in [7, 11) is 0. The second kappa shape index (κ2) is 14.7. The van der Waals surface area contributed by atoms with E-state index in [4.69, 9.17) is 0 Å². The first-order valence-corrected chi connectivity index (χ1v) is 10.7. The number of rotatable bonds is 17. The second-order valence-electron chi connectivity index (χ2n) is 7.61. The smallest absolute Gasteiger partial charge is 0.218 e. The molecule has 0 saturated carbocycles. The summed E-state index contributed by atoms with van der Waals surface area (Å²) < 4.78 is 2.15. The Kier molecular flexibility index (Phi) is 12.8. The average Bonchev–Trinajstić information content (AvgIpc) is 2.93. The molecule has 1 N–H and O–H groups in total. The number of nitrogens with zero attached hydrogens (tertiary/aromatic N) is 2. The number of hydrogen-bond donors (Lipinski definition) is 1. The Morgan fingerprint density at radius 3 is 1.62 bits per heavy atom. The first kappa shape index (κ1) is 22.7. The summed E-state index contributed by atoms with van der Waals surface area (Å²) in [6, 6.07) is 0. The highest BCUT2D eigenvalue weighted by atomic mass is 16.4. The lowest BCUT2D eigenvalue weighted by Crippen LogP contribution is -2.38. The number of carboxylic acid groups (broad SMARTS) is 1. The van der Waals surface area contributed by atoms with E-state index in [0.717, 1.165) is 25.1 Å². The zero-order chi connectivity index (χ0) is 19.0. The fourth-order valence-corrected chi connectivity index (χ4v) is 3.36. The number of carbonyl (C=O) groups excluding carboxylic acids is 1. The van der Waals surface area contributed by atoms with Gasteiger partial charge in [0, 0.05) is 24.9 Å². The quantitative estimate of drug-likeness (QED) is 0.336. The van der Waals surface area contributed by atoms with Crippen LogP contribution in [0.5, 0.6) is 0 Å². The van der Waals surface area contributed by atoms with E-state index in [1.807, 2.05) is 6.92 Å². The molecule has 0 saturated heterocycles. The largest absolute Gasteiger partial charge is 0.550 e. The maximum atomic E-state index is 10.3. The molecule has 5 nitrogen and oxygen atoms in total. The summed E-state index contributed by atoms with van der Waals surface area (Å²) in [5.74, 6) is -0.910. The van der Waals surface area contributed by atoms with E-state index in [0.29, 0.717) is 0 Å². The van der Waals surface area contributed by atoms with E-state index in [2.05, 4.69) is 21.9 Å². The lowest BCUT2D eigenvalue weighted by Gasteiger charge is -2.04. The van der Waals surface area contributed by atoms with Crippen LogP contribution in [-0.2, 0) is 11.3 Å². The fourth-order valence-electron chi connectivity index (χ4n) is 3.36. The molecule has 0 unspecified atom stereocenters. The van der Waals surface area contributed by atoms with Gasteiger partial charge >= 0.3 is 0 Å². The van der Waals surface area contributed by atoms with Crippen LogP contribution in [0.25, 0.3) is 0 Å². The Morgan fingerprint density at radius 1 is 0.808 bits per heavy atom. The summed E-state index contributed by atoms with van der Waals surface area (Å²) in [4.78, 5) is 10.3. The number of unbranched alkanes of at least 4 members (excludes halogenated alkanes) is 13. The SMILES string of the molecule is Cc1n[nH][n+](CCCCCCCCCCCCCCCCC(=O)[O-])c1C. The normalized spacial score (nSPS) is 11.2. The van der Waals surface area contributed by atoms with Gasteiger partial charge in [-0.3, -0.25) is 0 Å². The molecule has 0 fully saturated rings. The number of aliphatic carboxylic acids is 1. The highest BCUT2D eigenvalue weighted by molar-refractivity contribution is 5.63. The lowest BCUT2D eigenvalue weighted by molar-refractivity contribution is -0.759. The van der Waals surface area contributed by atoms with Crippen molar-refractivity contribution >= 4 is 5.97 Å². The second-order valence-corrected chi connectivity index (χ2v) is 7.61. The number of hydrogen-bond acceptors (Lipinski definition) is 3. The van der Waals surface area contributed by atoms with Crippen molar-refractivity contribution in [2.75, 3.05) is 0 Å². The maximum Gasteiger partial charge on any atom is 0.218 e. The van der Waals surface area contributed by atoms with Crippen molar-refractivity contribution in [3.05, 3.63) is 11.4 Å². The minimum Gasteiger partial charge on any atom is -0.550 e. The van der Waals surface area contributed by atoms with Gasteiger partial charge in [0.25, 0.3) is 0 Å². The van der Waals surface area contributed by atoms with Gasteiger partial charge in [0.05, 0.1) is 0 Å². The minimum absolute atomic E-state index is 0.224. The third-order valence-corrected chi connectivity index (χ3v) is 5.28. The predicted molar refractivity (Wildman–Crippen MR) is 103 cm³/mol. The molecular weight excluding hydrogens is 326 g/mol. The first-order chi connectivity index (χ1) is 12.6. The van der Waals surface area contributed by atoms with Gasteiger partial charge in [-0.15, -0.1) is 0 Å². The van der Waals surface area contributed by atoms with Crippen molar-refractivity contribution in [1.29, 1.82) is 0 Å². The number of carboxylic acids is 1. The minimum atomic E-state index is -0.910. The van der Waals surface area contributed by atoms with E-state index in [1.165, 1.54) is 82.7 Å². The van der Waals surface area contributed by atoms with Gasteiger partial charge in [-0.1, -0.05) is 75.8 Å². The van der Waals surface area contributed by atoms with Gasteiger partial charge in [0.2, 0.25) is 5.69 Å². The first-order valence-electron chi connectivity index (χ1n) is 10.7. The van der Waals surface area contributed by atoms with Crippen LogP contribution in [0.2, 0.25) is 0 Å². The Bertz CT molecular complexity index is 486. The number of aryl methyl sites for hydroxylation is 2. The Labute approximate surface area is 159 Å². The van der Waals surface area contributed by atoms with Crippen molar-refractivity contribution in [3.8, 4) is 0 Å². The van der Waals surface area contributed by atoms with Crippen LogP contribution >= 0.6 is 0 Å². The molecule has 150 valence electrons. The number of aromatic nitrogens is 3. The van der Waals surface area contributed by atoms with Crippen molar-refractivity contribution in [2.45, 2.75) is 117 Å². The molecule has 1 heterocycles. The van der Waals surface area contributed by atoms with Crippen molar-refractivity contribution in [2.24, 2.45) is 0 Å². The molecule has 1 aromatic rings. The summed E-state index contributed by atoms with van der Waals surface area (Å²) in [6.07, 6.45) is 17.8. The van der Waals surface area contributed by atoms with Crippen LogP contribution in [0.15, 0.2) is 0 Å². The summed E-state index contributed by atoms with van der Waals surface area (Å²) in [6.45, 7) is 5.22. The van der Waals surface area contributed by atoms with Gasteiger partial charge < -0.3 is 9.90 Å².